The highest BCUT2D eigenvalue weighted by molar-refractivity contribution is 6.06. The van der Waals surface area contributed by atoms with Gasteiger partial charge in [0.2, 0.25) is 0 Å². The third kappa shape index (κ3) is 2.73. The molecule has 2 aromatic heterocycles. The predicted octanol–water partition coefficient (Wildman–Crippen LogP) is 3.88. The molecule has 132 valence electrons. The van der Waals surface area contributed by atoms with Gasteiger partial charge in [0, 0.05) is 47.8 Å². The second kappa shape index (κ2) is 6.29. The van der Waals surface area contributed by atoms with Gasteiger partial charge in [-0.05, 0) is 48.0 Å². The Morgan fingerprint density at radius 2 is 1.74 bits per heavy atom. The molecule has 0 aliphatic carbocycles. The van der Waals surface area contributed by atoms with Gasteiger partial charge in [-0.15, -0.1) is 0 Å². The minimum Gasteiger partial charge on any atom is -0.345 e. The average molecular weight is 354 g/mol. The predicted molar refractivity (Wildman–Crippen MR) is 104 cm³/mol. The summed E-state index contributed by atoms with van der Waals surface area (Å²) >= 11 is 0. The number of amides is 1. The first-order valence-corrected chi connectivity index (χ1v) is 8.92. The fraction of sp³-hybridized carbons (Fsp3) is 0.0909. The quantitative estimate of drug-likeness (QED) is 0.548. The number of carbonyl (C=O) groups excluding carboxylic acids is 1. The van der Waals surface area contributed by atoms with Gasteiger partial charge in [-0.25, -0.2) is 4.98 Å². The van der Waals surface area contributed by atoms with Crippen LogP contribution >= 0.6 is 0 Å². The first kappa shape index (κ1) is 15.6. The molecule has 0 bridgehead atoms. The Balaban J connectivity index is 1.52. The van der Waals surface area contributed by atoms with E-state index in [0.717, 1.165) is 29.2 Å². The molecule has 1 aliphatic heterocycles. The molecule has 27 heavy (non-hydrogen) atoms. The number of hydrogen-bond donors (Lipinski definition) is 0. The van der Waals surface area contributed by atoms with Gasteiger partial charge < -0.3 is 14.0 Å². The molecule has 4 aromatic rings. The van der Waals surface area contributed by atoms with E-state index >= 15 is 0 Å². The van der Waals surface area contributed by atoms with Gasteiger partial charge in [0.25, 0.3) is 5.91 Å². The van der Waals surface area contributed by atoms with Crippen LogP contribution in [0.2, 0.25) is 0 Å². The number of hydrogen-bond acceptors (Lipinski definition) is 2. The third-order valence-corrected chi connectivity index (χ3v) is 5.03. The second-order valence-corrected chi connectivity index (χ2v) is 6.66. The summed E-state index contributed by atoms with van der Waals surface area (Å²) in [7, 11) is 0. The van der Waals surface area contributed by atoms with Crippen LogP contribution in [0.15, 0.2) is 85.6 Å². The molecule has 0 radical (unpaired) electrons. The monoisotopic (exact) mass is 354 g/mol. The molecule has 0 saturated heterocycles. The van der Waals surface area contributed by atoms with E-state index in [-0.39, 0.29) is 5.91 Å². The van der Waals surface area contributed by atoms with E-state index in [1.807, 2.05) is 64.2 Å². The SMILES string of the molecule is O=C(c1ccc(-n2ccnc2)cc1)N1Cc2cccn2Cc2ccccc21. The fourth-order valence-electron chi connectivity index (χ4n) is 3.61. The molecule has 0 unspecified atom stereocenters. The summed E-state index contributed by atoms with van der Waals surface area (Å²) in [6.07, 6.45) is 7.44. The molecular weight excluding hydrogens is 336 g/mol. The number of benzene rings is 2. The molecule has 1 aliphatic rings. The fourth-order valence-corrected chi connectivity index (χ4v) is 3.61. The lowest BCUT2D eigenvalue weighted by molar-refractivity contribution is 0.0985. The molecule has 5 rings (SSSR count). The topological polar surface area (TPSA) is 43.1 Å². The molecule has 1 amide bonds. The molecule has 5 nitrogen and oxygen atoms in total. The summed E-state index contributed by atoms with van der Waals surface area (Å²) in [5.41, 5.74) is 4.91. The number of imidazole rings is 1. The van der Waals surface area contributed by atoms with E-state index < -0.39 is 0 Å². The Labute approximate surface area is 157 Å². The largest absolute Gasteiger partial charge is 0.345 e. The molecule has 0 saturated carbocycles. The van der Waals surface area contributed by atoms with Crippen LogP contribution in [0.1, 0.15) is 21.6 Å². The average Bonchev–Trinajstić information content (AvgIpc) is 3.37. The van der Waals surface area contributed by atoms with Crippen molar-refractivity contribution in [3.63, 3.8) is 0 Å². The number of fused-ring (bicyclic) bond motifs is 2. The number of rotatable bonds is 2. The van der Waals surface area contributed by atoms with E-state index in [1.165, 1.54) is 0 Å². The second-order valence-electron chi connectivity index (χ2n) is 6.66. The summed E-state index contributed by atoms with van der Waals surface area (Å²) in [5, 5.41) is 0. The maximum absolute atomic E-state index is 13.3. The van der Waals surface area contributed by atoms with Crippen molar-refractivity contribution < 1.29 is 4.79 Å². The molecule has 0 N–H and O–H groups in total. The van der Waals surface area contributed by atoms with Gasteiger partial charge in [0.1, 0.15) is 0 Å². The van der Waals surface area contributed by atoms with E-state index in [1.54, 1.807) is 12.5 Å². The Bertz CT molecular complexity index is 1090. The lowest BCUT2D eigenvalue weighted by Crippen LogP contribution is -2.30. The highest BCUT2D eigenvalue weighted by atomic mass is 16.2. The van der Waals surface area contributed by atoms with Crippen LogP contribution in [0.5, 0.6) is 0 Å². The lowest BCUT2D eigenvalue weighted by atomic mass is 10.1. The van der Waals surface area contributed by atoms with Crippen LogP contribution in [-0.4, -0.2) is 20.0 Å². The van der Waals surface area contributed by atoms with E-state index in [9.17, 15) is 4.79 Å². The van der Waals surface area contributed by atoms with Crippen LogP contribution in [-0.2, 0) is 13.1 Å². The minimum absolute atomic E-state index is 0.00859. The van der Waals surface area contributed by atoms with Crippen molar-refractivity contribution >= 4 is 11.6 Å². The van der Waals surface area contributed by atoms with Gasteiger partial charge in [-0.2, -0.15) is 0 Å². The summed E-state index contributed by atoms with van der Waals surface area (Å²) < 4.78 is 4.12. The summed E-state index contributed by atoms with van der Waals surface area (Å²) in [6, 6.07) is 19.9. The maximum atomic E-state index is 13.3. The van der Waals surface area contributed by atoms with Crippen LogP contribution in [0.3, 0.4) is 0 Å². The van der Waals surface area contributed by atoms with Crippen molar-refractivity contribution in [2.24, 2.45) is 0 Å². The number of aromatic nitrogens is 3. The smallest absolute Gasteiger partial charge is 0.258 e. The van der Waals surface area contributed by atoms with Crippen molar-refractivity contribution in [2.45, 2.75) is 13.1 Å². The standard InChI is InChI=1S/C22H18N4O/c27-22(17-7-9-19(10-8-17)25-13-11-23-16-25)26-15-20-5-3-12-24(20)14-18-4-1-2-6-21(18)26/h1-13,16H,14-15H2. The van der Waals surface area contributed by atoms with Gasteiger partial charge in [0.05, 0.1) is 12.9 Å². The lowest BCUT2D eigenvalue weighted by Gasteiger charge is -2.23. The van der Waals surface area contributed by atoms with Crippen molar-refractivity contribution in [2.75, 3.05) is 4.90 Å². The van der Waals surface area contributed by atoms with Crippen molar-refractivity contribution in [1.29, 1.82) is 0 Å². The molecule has 5 heteroatoms. The van der Waals surface area contributed by atoms with Crippen LogP contribution in [0.25, 0.3) is 5.69 Å². The molecule has 0 fully saturated rings. The number of anilines is 1. The first-order valence-electron chi connectivity index (χ1n) is 8.92. The van der Waals surface area contributed by atoms with Crippen LogP contribution in [0.4, 0.5) is 5.69 Å². The number of para-hydroxylation sites is 1. The summed E-state index contributed by atoms with van der Waals surface area (Å²) in [6.45, 7) is 1.34. The van der Waals surface area contributed by atoms with Gasteiger partial charge in [-0.1, -0.05) is 18.2 Å². The van der Waals surface area contributed by atoms with Gasteiger partial charge in [0.15, 0.2) is 0 Å². The van der Waals surface area contributed by atoms with Crippen molar-refractivity contribution in [3.8, 4) is 5.69 Å². The Kier molecular flexibility index (Phi) is 3.64. The normalized spacial score (nSPS) is 13.0. The number of nitrogens with zero attached hydrogens (tertiary/aromatic N) is 4. The third-order valence-electron chi connectivity index (χ3n) is 5.03. The molecule has 3 heterocycles. The maximum Gasteiger partial charge on any atom is 0.258 e. The highest BCUT2D eigenvalue weighted by Gasteiger charge is 2.24. The van der Waals surface area contributed by atoms with Crippen molar-refractivity contribution in [1.82, 2.24) is 14.1 Å². The zero-order valence-corrected chi connectivity index (χ0v) is 14.7. The highest BCUT2D eigenvalue weighted by Crippen LogP contribution is 2.29. The molecular formula is C22H18N4O. The molecule has 0 atom stereocenters. The molecule has 2 aromatic carbocycles. The Hall–Kier alpha value is -3.60. The van der Waals surface area contributed by atoms with Crippen molar-refractivity contribution in [3.05, 3.63) is 102 Å². The van der Waals surface area contributed by atoms with Gasteiger partial charge in [-0.3, -0.25) is 4.79 Å². The van der Waals surface area contributed by atoms with E-state index in [0.29, 0.717) is 12.1 Å². The van der Waals surface area contributed by atoms with Crippen LogP contribution in [0, 0.1) is 0 Å². The summed E-state index contributed by atoms with van der Waals surface area (Å²) in [4.78, 5) is 19.3. The molecule has 0 spiro atoms. The van der Waals surface area contributed by atoms with E-state index in [4.69, 9.17) is 0 Å². The first-order chi connectivity index (χ1) is 13.3. The Morgan fingerprint density at radius 1 is 0.889 bits per heavy atom. The zero-order chi connectivity index (χ0) is 18.2. The van der Waals surface area contributed by atoms with Crippen LogP contribution < -0.4 is 4.90 Å². The minimum atomic E-state index is 0.00859. The Morgan fingerprint density at radius 3 is 2.56 bits per heavy atom. The van der Waals surface area contributed by atoms with E-state index in [2.05, 4.69) is 27.9 Å². The zero-order valence-electron chi connectivity index (χ0n) is 14.7. The summed E-state index contributed by atoms with van der Waals surface area (Å²) in [5.74, 6) is 0.00859. The number of carbonyl (C=O) groups is 1. The van der Waals surface area contributed by atoms with Gasteiger partial charge >= 0.3 is 0 Å².